The number of amides is 1. The highest BCUT2D eigenvalue weighted by Crippen LogP contribution is 2.31. The summed E-state index contributed by atoms with van der Waals surface area (Å²) in [5, 5.41) is 12.5. The van der Waals surface area contributed by atoms with Crippen molar-refractivity contribution < 1.29 is 19.5 Å². The fourth-order valence-corrected chi connectivity index (χ4v) is 2.91. The molecule has 0 bridgehead atoms. The van der Waals surface area contributed by atoms with Crippen LogP contribution in [0.4, 0.5) is 5.69 Å². The number of hydrogen-bond donors (Lipinski definition) is 2. The number of carbonyl (C=O) groups excluding carboxylic acids is 3. The predicted molar refractivity (Wildman–Crippen MR) is 92.5 cm³/mol. The van der Waals surface area contributed by atoms with Gasteiger partial charge in [0.2, 0.25) is 17.5 Å². The van der Waals surface area contributed by atoms with Crippen molar-refractivity contribution in [1.29, 1.82) is 0 Å². The number of carbonyl (C=O) groups is 3. The highest BCUT2D eigenvalue weighted by atomic mass is 16.3. The molecule has 0 spiro atoms. The monoisotopic (exact) mass is 336 g/mol. The van der Waals surface area contributed by atoms with Crippen LogP contribution in [0.1, 0.15) is 27.6 Å². The first-order valence-corrected chi connectivity index (χ1v) is 7.66. The Kier molecular flexibility index (Phi) is 4.10. The van der Waals surface area contributed by atoms with Crippen LogP contribution < -0.4 is 10.2 Å². The molecular formula is C19H16N2O4. The number of anilines is 1. The normalized spacial score (nSPS) is 13.5. The summed E-state index contributed by atoms with van der Waals surface area (Å²) < 4.78 is 0. The summed E-state index contributed by atoms with van der Waals surface area (Å²) >= 11 is 0. The zero-order valence-corrected chi connectivity index (χ0v) is 13.7. The number of allylic oxidation sites excluding steroid dienone is 2. The Hall–Kier alpha value is -3.41. The van der Waals surface area contributed by atoms with Crippen LogP contribution >= 0.6 is 0 Å². The van der Waals surface area contributed by atoms with E-state index in [1.165, 1.54) is 26.1 Å². The van der Waals surface area contributed by atoms with Gasteiger partial charge in [-0.15, -0.1) is 0 Å². The zero-order valence-electron chi connectivity index (χ0n) is 13.7. The molecule has 2 aromatic rings. The maximum absolute atomic E-state index is 13.0. The summed E-state index contributed by atoms with van der Waals surface area (Å²) in [6.07, 6.45) is 0. The van der Waals surface area contributed by atoms with Gasteiger partial charge in [-0.05, 0) is 12.1 Å². The maximum Gasteiger partial charge on any atom is 0.228 e. The number of benzene rings is 2. The number of Topliss-reactive ketones (excluding diaryl/α,β-unsaturated/α-hetero) is 2. The number of aromatic hydroxyl groups is 1. The van der Waals surface area contributed by atoms with Gasteiger partial charge in [-0.25, -0.2) is 0 Å². The molecule has 6 heteroatoms. The fourth-order valence-electron chi connectivity index (χ4n) is 2.91. The van der Waals surface area contributed by atoms with E-state index in [1.54, 1.807) is 36.4 Å². The SMILES string of the molecule is CNC1=C(N(C(C)=O)c2cccc(O)c2)C(=O)c2ccccc2C1=O. The zero-order chi connectivity index (χ0) is 18.1. The smallest absolute Gasteiger partial charge is 0.228 e. The first-order chi connectivity index (χ1) is 12.0. The minimum absolute atomic E-state index is 0.0437. The molecule has 0 aliphatic heterocycles. The van der Waals surface area contributed by atoms with E-state index in [9.17, 15) is 19.5 Å². The highest BCUT2D eigenvalue weighted by molar-refractivity contribution is 6.29. The fraction of sp³-hybridized carbons (Fsp3) is 0.105. The van der Waals surface area contributed by atoms with E-state index in [2.05, 4.69) is 5.32 Å². The molecule has 1 aliphatic rings. The molecule has 2 N–H and O–H groups in total. The summed E-state index contributed by atoms with van der Waals surface area (Å²) in [6, 6.07) is 12.4. The molecule has 0 saturated carbocycles. The van der Waals surface area contributed by atoms with Crippen molar-refractivity contribution in [1.82, 2.24) is 5.32 Å². The first kappa shape index (κ1) is 16.4. The van der Waals surface area contributed by atoms with E-state index < -0.39 is 11.7 Å². The number of rotatable bonds is 3. The third kappa shape index (κ3) is 2.67. The molecule has 3 rings (SSSR count). The lowest BCUT2D eigenvalue weighted by Crippen LogP contribution is -2.40. The number of phenols is 1. The van der Waals surface area contributed by atoms with Crippen LogP contribution in [0.3, 0.4) is 0 Å². The molecule has 0 aromatic heterocycles. The Bertz CT molecular complexity index is 931. The van der Waals surface area contributed by atoms with Gasteiger partial charge in [0.05, 0.1) is 5.69 Å². The largest absolute Gasteiger partial charge is 0.508 e. The van der Waals surface area contributed by atoms with Crippen LogP contribution in [-0.4, -0.2) is 29.6 Å². The van der Waals surface area contributed by atoms with Gasteiger partial charge in [-0.2, -0.15) is 0 Å². The Morgan fingerprint density at radius 1 is 1.00 bits per heavy atom. The van der Waals surface area contributed by atoms with Crippen molar-refractivity contribution in [2.24, 2.45) is 0 Å². The number of nitrogens with zero attached hydrogens (tertiary/aromatic N) is 1. The molecule has 25 heavy (non-hydrogen) atoms. The lowest BCUT2D eigenvalue weighted by molar-refractivity contribution is -0.116. The molecule has 0 unspecified atom stereocenters. The van der Waals surface area contributed by atoms with Crippen LogP contribution in [0.15, 0.2) is 59.9 Å². The second-order valence-electron chi connectivity index (χ2n) is 5.55. The minimum atomic E-state index is -0.450. The number of phenolic OH excluding ortho intramolecular Hbond substituents is 1. The van der Waals surface area contributed by atoms with Gasteiger partial charge in [0.1, 0.15) is 17.1 Å². The summed E-state index contributed by atoms with van der Waals surface area (Å²) in [5.74, 6) is -1.29. The van der Waals surface area contributed by atoms with Crippen molar-refractivity contribution in [3.05, 3.63) is 71.1 Å². The molecule has 0 saturated heterocycles. The van der Waals surface area contributed by atoms with Crippen molar-refractivity contribution in [3.8, 4) is 5.75 Å². The summed E-state index contributed by atoms with van der Waals surface area (Å²) in [7, 11) is 1.52. The molecule has 0 fully saturated rings. The molecule has 0 atom stereocenters. The molecule has 1 amide bonds. The first-order valence-electron chi connectivity index (χ1n) is 7.66. The number of ketones is 2. The molecular weight excluding hydrogens is 320 g/mol. The van der Waals surface area contributed by atoms with E-state index in [0.717, 1.165) is 4.90 Å². The van der Waals surface area contributed by atoms with E-state index in [0.29, 0.717) is 11.3 Å². The second-order valence-corrected chi connectivity index (χ2v) is 5.55. The summed E-state index contributed by atoms with van der Waals surface area (Å²) in [6.45, 7) is 1.29. The number of nitrogens with one attached hydrogen (secondary N) is 1. The van der Waals surface area contributed by atoms with Crippen LogP contribution in [0, 0.1) is 0 Å². The predicted octanol–water partition coefficient (Wildman–Crippen LogP) is 2.26. The van der Waals surface area contributed by atoms with Crippen LogP contribution in [0.5, 0.6) is 5.75 Å². The van der Waals surface area contributed by atoms with Crippen molar-refractivity contribution in [2.45, 2.75) is 6.92 Å². The van der Waals surface area contributed by atoms with Crippen molar-refractivity contribution >= 4 is 23.2 Å². The third-order valence-electron chi connectivity index (χ3n) is 3.97. The number of fused-ring (bicyclic) bond motifs is 1. The van der Waals surface area contributed by atoms with E-state index in [-0.39, 0.29) is 28.5 Å². The molecule has 2 aromatic carbocycles. The highest BCUT2D eigenvalue weighted by Gasteiger charge is 2.36. The summed E-state index contributed by atoms with van der Waals surface area (Å²) in [4.78, 5) is 39.2. The Balaban J connectivity index is 2.26. The maximum atomic E-state index is 13.0. The van der Waals surface area contributed by atoms with Gasteiger partial charge in [0, 0.05) is 31.2 Å². The quantitative estimate of drug-likeness (QED) is 0.898. The topological polar surface area (TPSA) is 86.7 Å². The Morgan fingerprint density at radius 3 is 2.20 bits per heavy atom. The van der Waals surface area contributed by atoms with E-state index in [4.69, 9.17) is 0 Å². The van der Waals surface area contributed by atoms with Crippen LogP contribution in [0.25, 0.3) is 0 Å². The average molecular weight is 336 g/mol. The van der Waals surface area contributed by atoms with Crippen LogP contribution in [0.2, 0.25) is 0 Å². The van der Waals surface area contributed by atoms with Crippen LogP contribution in [-0.2, 0) is 4.79 Å². The molecule has 1 aliphatic carbocycles. The minimum Gasteiger partial charge on any atom is -0.508 e. The van der Waals surface area contributed by atoms with Crippen molar-refractivity contribution in [3.63, 3.8) is 0 Å². The van der Waals surface area contributed by atoms with Gasteiger partial charge in [0.15, 0.2) is 0 Å². The Morgan fingerprint density at radius 2 is 1.64 bits per heavy atom. The standard InChI is InChI=1S/C19H16N2O4/c1-11(22)21(12-6-5-7-13(23)10-12)17-16(20-2)18(24)14-8-3-4-9-15(14)19(17)25/h3-10,20,23H,1-2H3. The van der Waals surface area contributed by atoms with Gasteiger partial charge in [-0.1, -0.05) is 30.3 Å². The lowest BCUT2D eigenvalue weighted by Gasteiger charge is -2.29. The van der Waals surface area contributed by atoms with Gasteiger partial charge in [0.25, 0.3) is 0 Å². The molecule has 6 nitrogen and oxygen atoms in total. The van der Waals surface area contributed by atoms with Gasteiger partial charge < -0.3 is 10.4 Å². The molecule has 0 heterocycles. The Labute approximate surface area is 144 Å². The molecule has 0 radical (unpaired) electrons. The molecule has 126 valence electrons. The number of hydrogen-bond acceptors (Lipinski definition) is 5. The number of likely N-dealkylation sites (N-methyl/N-ethyl adjacent to an activating group) is 1. The van der Waals surface area contributed by atoms with Gasteiger partial charge >= 0.3 is 0 Å². The van der Waals surface area contributed by atoms with E-state index >= 15 is 0 Å². The second kappa shape index (κ2) is 6.24. The third-order valence-corrected chi connectivity index (χ3v) is 3.97. The summed E-state index contributed by atoms with van der Waals surface area (Å²) in [5.41, 5.74) is 0.829. The average Bonchev–Trinajstić information content (AvgIpc) is 2.59. The van der Waals surface area contributed by atoms with E-state index in [1.807, 2.05) is 0 Å². The van der Waals surface area contributed by atoms with Crippen molar-refractivity contribution in [2.75, 3.05) is 11.9 Å². The lowest BCUT2D eigenvalue weighted by atomic mass is 9.89. The van der Waals surface area contributed by atoms with Gasteiger partial charge in [-0.3, -0.25) is 19.3 Å².